The van der Waals surface area contributed by atoms with Crippen molar-refractivity contribution in [3.63, 3.8) is 0 Å². The Kier molecular flexibility index (Phi) is 3.66. The second-order valence-corrected chi connectivity index (χ2v) is 5.64. The van der Waals surface area contributed by atoms with E-state index < -0.39 is 0 Å². The fourth-order valence-electron chi connectivity index (χ4n) is 2.01. The fourth-order valence-corrected chi connectivity index (χ4v) is 2.36. The van der Waals surface area contributed by atoms with Crippen LogP contribution in [0.3, 0.4) is 0 Å². The van der Waals surface area contributed by atoms with Crippen LogP contribution in [0, 0.1) is 5.92 Å². The van der Waals surface area contributed by atoms with Crippen LogP contribution in [0.25, 0.3) is 0 Å². The number of fused-ring (bicyclic) bond motifs is 1. The number of hydrogen-bond donors (Lipinski definition) is 0. The topological polar surface area (TPSA) is 9.23 Å². The molecular weight excluding hydrogens is 243 g/mol. The van der Waals surface area contributed by atoms with Gasteiger partial charge in [0.15, 0.2) is 0 Å². The van der Waals surface area contributed by atoms with Gasteiger partial charge in [0.25, 0.3) is 0 Å². The van der Waals surface area contributed by atoms with Crippen LogP contribution in [0.15, 0.2) is 12.1 Å². The number of ether oxygens (including phenoxy) is 1. The van der Waals surface area contributed by atoms with Gasteiger partial charge < -0.3 is 4.74 Å². The van der Waals surface area contributed by atoms with Crippen molar-refractivity contribution >= 4 is 23.2 Å². The molecule has 0 aromatic heterocycles. The molecule has 0 N–H and O–H groups in total. The van der Waals surface area contributed by atoms with E-state index in [1.165, 1.54) is 11.1 Å². The lowest BCUT2D eigenvalue weighted by Crippen LogP contribution is -2.10. The summed E-state index contributed by atoms with van der Waals surface area (Å²) in [5.74, 6) is 1.46. The maximum atomic E-state index is 6.10. The molecule has 1 aromatic rings. The molecule has 1 nitrogen and oxygen atoms in total. The summed E-state index contributed by atoms with van der Waals surface area (Å²) in [4.78, 5) is 0. The summed E-state index contributed by atoms with van der Waals surface area (Å²) in [6, 6.07) is 4.00. The molecule has 1 heterocycles. The minimum absolute atomic E-state index is 0.163. The molecule has 3 heteroatoms. The molecule has 2 atom stereocenters. The predicted octanol–water partition coefficient (Wildman–Crippen LogP) is 4.08. The van der Waals surface area contributed by atoms with E-state index in [1.54, 1.807) is 0 Å². The Bertz CT molecular complexity index is 388. The highest BCUT2D eigenvalue weighted by Gasteiger charge is 2.20. The summed E-state index contributed by atoms with van der Waals surface area (Å²) in [6.45, 7) is 4.95. The van der Waals surface area contributed by atoms with Gasteiger partial charge in [0.05, 0.1) is 6.61 Å². The molecule has 0 spiro atoms. The third-order valence-corrected chi connectivity index (χ3v) is 3.80. The molecular formula is C13H16Cl2O. The van der Waals surface area contributed by atoms with Gasteiger partial charge in [0.2, 0.25) is 0 Å². The van der Waals surface area contributed by atoms with Crippen molar-refractivity contribution in [1.29, 1.82) is 0 Å². The molecule has 1 aromatic carbocycles. The van der Waals surface area contributed by atoms with Crippen LogP contribution in [0.1, 0.15) is 25.0 Å². The summed E-state index contributed by atoms with van der Waals surface area (Å²) < 4.78 is 5.66. The monoisotopic (exact) mass is 258 g/mol. The van der Waals surface area contributed by atoms with Crippen LogP contribution in [0.5, 0.6) is 5.75 Å². The van der Waals surface area contributed by atoms with E-state index in [1.807, 2.05) is 19.1 Å². The van der Waals surface area contributed by atoms with Crippen LogP contribution in [-0.2, 0) is 12.8 Å². The molecule has 16 heavy (non-hydrogen) atoms. The summed E-state index contributed by atoms with van der Waals surface area (Å²) in [7, 11) is 0. The van der Waals surface area contributed by atoms with Crippen molar-refractivity contribution < 1.29 is 4.74 Å². The minimum atomic E-state index is 0.163. The van der Waals surface area contributed by atoms with Gasteiger partial charge in [-0.2, -0.15) is 0 Å². The quantitative estimate of drug-likeness (QED) is 0.743. The normalized spacial score (nSPS) is 17.8. The van der Waals surface area contributed by atoms with Crippen molar-refractivity contribution in [1.82, 2.24) is 0 Å². The van der Waals surface area contributed by atoms with Gasteiger partial charge in [-0.15, -0.1) is 11.6 Å². The van der Waals surface area contributed by atoms with Gasteiger partial charge in [-0.05, 0) is 42.5 Å². The lowest BCUT2D eigenvalue weighted by Gasteiger charge is -2.16. The summed E-state index contributed by atoms with van der Waals surface area (Å²) in [5.41, 5.74) is 2.43. The Morgan fingerprint density at radius 1 is 1.38 bits per heavy atom. The fraction of sp³-hybridized carbons (Fsp3) is 0.538. The zero-order valence-electron chi connectivity index (χ0n) is 9.59. The molecule has 2 unspecified atom stereocenters. The summed E-state index contributed by atoms with van der Waals surface area (Å²) in [5, 5.41) is 0.963. The van der Waals surface area contributed by atoms with Crippen LogP contribution in [-0.4, -0.2) is 12.0 Å². The Balaban J connectivity index is 2.27. The average molecular weight is 259 g/mol. The number of alkyl halides is 1. The molecule has 1 aliphatic heterocycles. The lowest BCUT2D eigenvalue weighted by molar-refractivity contribution is 0.351. The molecule has 0 radical (unpaired) electrons. The summed E-state index contributed by atoms with van der Waals surface area (Å²) >= 11 is 12.2. The van der Waals surface area contributed by atoms with Crippen molar-refractivity contribution in [2.24, 2.45) is 5.92 Å². The first-order valence-electron chi connectivity index (χ1n) is 5.66. The first kappa shape index (κ1) is 12.1. The van der Waals surface area contributed by atoms with Crippen LogP contribution >= 0.6 is 23.2 Å². The number of hydrogen-bond acceptors (Lipinski definition) is 1. The highest BCUT2D eigenvalue weighted by molar-refractivity contribution is 6.30. The van der Waals surface area contributed by atoms with E-state index in [2.05, 4.69) is 6.92 Å². The predicted molar refractivity (Wildman–Crippen MR) is 68.8 cm³/mol. The highest BCUT2D eigenvalue weighted by Crippen LogP contribution is 2.34. The van der Waals surface area contributed by atoms with E-state index in [0.29, 0.717) is 5.92 Å². The zero-order valence-corrected chi connectivity index (χ0v) is 11.1. The first-order valence-corrected chi connectivity index (χ1v) is 6.47. The zero-order chi connectivity index (χ0) is 11.7. The largest absolute Gasteiger partial charge is 0.493 e. The van der Waals surface area contributed by atoms with Crippen LogP contribution < -0.4 is 4.74 Å². The maximum Gasteiger partial charge on any atom is 0.125 e. The maximum absolute atomic E-state index is 6.10. The summed E-state index contributed by atoms with van der Waals surface area (Å²) in [6.07, 6.45) is 1.89. The lowest BCUT2D eigenvalue weighted by atomic mass is 9.96. The molecule has 0 saturated carbocycles. The van der Waals surface area contributed by atoms with Gasteiger partial charge in [-0.25, -0.2) is 0 Å². The third-order valence-electron chi connectivity index (χ3n) is 3.15. The van der Waals surface area contributed by atoms with E-state index in [4.69, 9.17) is 27.9 Å². The molecule has 1 aliphatic rings. The molecule has 0 aliphatic carbocycles. The van der Waals surface area contributed by atoms with E-state index in [-0.39, 0.29) is 5.38 Å². The highest BCUT2D eigenvalue weighted by atomic mass is 35.5. The van der Waals surface area contributed by atoms with Crippen molar-refractivity contribution in [2.75, 3.05) is 6.61 Å². The van der Waals surface area contributed by atoms with E-state index in [0.717, 1.165) is 30.2 Å². The van der Waals surface area contributed by atoms with Crippen LogP contribution in [0.4, 0.5) is 0 Å². The van der Waals surface area contributed by atoms with Gasteiger partial charge >= 0.3 is 0 Å². The second-order valence-electron chi connectivity index (χ2n) is 4.51. The minimum Gasteiger partial charge on any atom is -0.493 e. The number of rotatable bonds is 3. The molecule has 2 rings (SSSR count). The van der Waals surface area contributed by atoms with Gasteiger partial charge in [0.1, 0.15) is 5.75 Å². The second kappa shape index (κ2) is 4.85. The van der Waals surface area contributed by atoms with E-state index in [9.17, 15) is 0 Å². The van der Waals surface area contributed by atoms with Crippen molar-refractivity contribution in [2.45, 2.75) is 32.1 Å². The molecule has 0 bridgehead atoms. The molecule has 88 valence electrons. The number of benzene rings is 1. The molecule has 0 fully saturated rings. The van der Waals surface area contributed by atoms with Crippen molar-refractivity contribution in [3.05, 3.63) is 28.3 Å². The Morgan fingerprint density at radius 2 is 2.12 bits per heavy atom. The van der Waals surface area contributed by atoms with Crippen molar-refractivity contribution in [3.8, 4) is 5.75 Å². The standard InChI is InChI=1S/C13H16Cl2O/c1-8(9(2)14)5-11-7-12(15)6-10-3-4-16-13(10)11/h6-9H,3-5H2,1-2H3. The Morgan fingerprint density at radius 3 is 2.81 bits per heavy atom. The van der Waals surface area contributed by atoms with E-state index >= 15 is 0 Å². The average Bonchev–Trinajstić information content (AvgIpc) is 2.65. The Hall–Kier alpha value is -0.400. The Labute approximate surface area is 107 Å². The number of halogens is 2. The van der Waals surface area contributed by atoms with Gasteiger partial charge in [-0.3, -0.25) is 0 Å². The SMILES string of the molecule is CC(Cl)C(C)Cc1cc(Cl)cc2c1OCC2. The first-order chi connectivity index (χ1) is 7.58. The molecule has 0 amide bonds. The van der Waals surface area contributed by atoms with Gasteiger partial charge in [-0.1, -0.05) is 18.5 Å². The molecule has 0 saturated heterocycles. The third kappa shape index (κ3) is 2.46. The van der Waals surface area contributed by atoms with Crippen LogP contribution in [0.2, 0.25) is 5.02 Å². The van der Waals surface area contributed by atoms with Gasteiger partial charge in [0, 0.05) is 16.8 Å². The smallest absolute Gasteiger partial charge is 0.125 e.